The molecule has 0 spiro atoms. The number of ether oxygens (including phenoxy) is 1. The predicted molar refractivity (Wildman–Crippen MR) is 87.1 cm³/mol. The van der Waals surface area contributed by atoms with Crippen molar-refractivity contribution in [3.05, 3.63) is 46.4 Å². The fourth-order valence-corrected chi connectivity index (χ4v) is 3.80. The number of aromatic nitrogens is 1. The Balaban J connectivity index is 1.64. The molecule has 1 aromatic heterocycles. The highest BCUT2D eigenvalue weighted by Gasteiger charge is 2.31. The van der Waals surface area contributed by atoms with E-state index in [0.29, 0.717) is 12.8 Å². The van der Waals surface area contributed by atoms with E-state index in [4.69, 9.17) is 4.74 Å². The maximum atomic E-state index is 12.6. The number of carbonyl (C=O) groups excluding carboxylic acids is 1. The van der Waals surface area contributed by atoms with Crippen LogP contribution in [0.25, 0.3) is 0 Å². The average Bonchev–Trinajstić information content (AvgIpc) is 3.23. The van der Waals surface area contributed by atoms with Gasteiger partial charge in [0.05, 0.1) is 13.2 Å². The van der Waals surface area contributed by atoms with E-state index in [1.807, 2.05) is 40.7 Å². The SMILES string of the molecule is COc1ccccc1CCC(=O)N1CCCC1c1nccs1. The minimum atomic E-state index is 0.171. The van der Waals surface area contributed by atoms with E-state index in [2.05, 4.69) is 4.98 Å². The van der Waals surface area contributed by atoms with Gasteiger partial charge in [-0.15, -0.1) is 11.3 Å². The van der Waals surface area contributed by atoms with Crippen LogP contribution in [-0.2, 0) is 11.2 Å². The Hall–Kier alpha value is -1.88. The molecule has 116 valence electrons. The molecule has 22 heavy (non-hydrogen) atoms. The van der Waals surface area contributed by atoms with Gasteiger partial charge in [-0.1, -0.05) is 18.2 Å². The van der Waals surface area contributed by atoms with E-state index in [1.54, 1.807) is 18.4 Å². The zero-order valence-corrected chi connectivity index (χ0v) is 13.5. The standard InChI is InChI=1S/C17H20N2O2S/c1-21-15-7-3-2-5-13(15)8-9-16(20)19-11-4-6-14(19)17-18-10-12-22-17/h2-3,5,7,10,12,14H,4,6,8-9,11H2,1H3. The van der Waals surface area contributed by atoms with Crippen molar-refractivity contribution in [3.63, 3.8) is 0 Å². The lowest BCUT2D eigenvalue weighted by Crippen LogP contribution is -2.30. The number of aryl methyl sites for hydroxylation is 1. The van der Waals surface area contributed by atoms with E-state index in [0.717, 1.165) is 35.7 Å². The highest BCUT2D eigenvalue weighted by atomic mass is 32.1. The summed E-state index contributed by atoms with van der Waals surface area (Å²) in [5.41, 5.74) is 1.09. The molecule has 1 aliphatic heterocycles. The minimum absolute atomic E-state index is 0.171. The normalized spacial score (nSPS) is 17.7. The third-order valence-electron chi connectivity index (χ3n) is 4.11. The summed E-state index contributed by atoms with van der Waals surface area (Å²) < 4.78 is 5.35. The molecule has 3 rings (SSSR count). The molecule has 0 N–H and O–H groups in total. The van der Waals surface area contributed by atoms with Crippen LogP contribution in [0.3, 0.4) is 0 Å². The second kappa shape index (κ2) is 6.92. The molecule has 1 aliphatic rings. The predicted octanol–water partition coefficient (Wildman–Crippen LogP) is 3.45. The Bertz CT molecular complexity index is 627. The van der Waals surface area contributed by atoms with Gasteiger partial charge in [0.2, 0.25) is 5.91 Å². The van der Waals surface area contributed by atoms with Crippen LogP contribution < -0.4 is 4.74 Å². The Morgan fingerprint density at radius 1 is 1.45 bits per heavy atom. The van der Waals surface area contributed by atoms with Gasteiger partial charge in [-0.05, 0) is 30.9 Å². The summed E-state index contributed by atoms with van der Waals surface area (Å²) in [5, 5.41) is 3.04. The van der Waals surface area contributed by atoms with E-state index in [-0.39, 0.29) is 11.9 Å². The van der Waals surface area contributed by atoms with Crippen molar-refractivity contribution in [2.75, 3.05) is 13.7 Å². The highest BCUT2D eigenvalue weighted by Crippen LogP contribution is 2.33. The molecule has 1 fully saturated rings. The summed E-state index contributed by atoms with van der Waals surface area (Å²) in [6.07, 6.45) is 5.13. The van der Waals surface area contributed by atoms with Gasteiger partial charge in [-0.2, -0.15) is 0 Å². The molecule has 1 unspecified atom stereocenters. The zero-order chi connectivity index (χ0) is 15.4. The lowest BCUT2D eigenvalue weighted by atomic mass is 10.1. The van der Waals surface area contributed by atoms with Crippen LogP contribution in [-0.4, -0.2) is 29.4 Å². The fraction of sp³-hybridized carbons (Fsp3) is 0.412. The number of amides is 1. The third-order valence-corrected chi connectivity index (χ3v) is 4.99. The molecular weight excluding hydrogens is 296 g/mol. The Morgan fingerprint density at radius 2 is 2.32 bits per heavy atom. The zero-order valence-electron chi connectivity index (χ0n) is 12.7. The number of hydrogen-bond acceptors (Lipinski definition) is 4. The summed E-state index contributed by atoms with van der Waals surface area (Å²) >= 11 is 1.64. The number of methoxy groups -OCH3 is 1. The van der Waals surface area contributed by atoms with Crippen LogP contribution in [0, 0.1) is 0 Å². The maximum absolute atomic E-state index is 12.6. The van der Waals surface area contributed by atoms with Crippen molar-refractivity contribution in [3.8, 4) is 5.75 Å². The van der Waals surface area contributed by atoms with E-state index in [9.17, 15) is 4.79 Å². The lowest BCUT2D eigenvalue weighted by Gasteiger charge is -2.23. The van der Waals surface area contributed by atoms with Gasteiger partial charge in [0.15, 0.2) is 0 Å². The van der Waals surface area contributed by atoms with Crippen molar-refractivity contribution in [1.29, 1.82) is 0 Å². The summed E-state index contributed by atoms with van der Waals surface area (Å²) in [7, 11) is 1.67. The van der Waals surface area contributed by atoms with Crippen LogP contribution in [0.4, 0.5) is 0 Å². The molecule has 1 atom stereocenters. The van der Waals surface area contributed by atoms with Gasteiger partial charge in [0, 0.05) is 24.5 Å². The average molecular weight is 316 g/mol. The van der Waals surface area contributed by atoms with Gasteiger partial charge in [-0.3, -0.25) is 4.79 Å². The van der Waals surface area contributed by atoms with E-state index >= 15 is 0 Å². The van der Waals surface area contributed by atoms with Crippen LogP contribution in [0.2, 0.25) is 0 Å². The molecule has 0 bridgehead atoms. The number of nitrogens with zero attached hydrogens (tertiary/aromatic N) is 2. The number of rotatable bonds is 5. The first-order chi connectivity index (χ1) is 10.8. The van der Waals surface area contributed by atoms with Gasteiger partial charge < -0.3 is 9.64 Å². The molecule has 1 saturated heterocycles. The smallest absolute Gasteiger partial charge is 0.223 e. The molecule has 0 saturated carbocycles. The summed E-state index contributed by atoms with van der Waals surface area (Å²) in [6, 6.07) is 8.06. The lowest BCUT2D eigenvalue weighted by molar-refractivity contribution is -0.132. The molecular formula is C17H20N2O2S. The second-order valence-corrected chi connectivity index (χ2v) is 6.35. The molecule has 5 heteroatoms. The fourth-order valence-electron chi connectivity index (χ4n) is 3.02. The van der Waals surface area contributed by atoms with Crippen LogP contribution in [0.1, 0.15) is 35.9 Å². The number of thiazole rings is 1. The van der Waals surface area contributed by atoms with Crippen molar-refractivity contribution in [2.24, 2.45) is 0 Å². The van der Waals surface area contributed by atoms with Crippen molar-refractivity contribution < 1.29 is 9.53 Å². The summed E-state index contributed by atoms with van der Waals surface area (Å²) in [5.74, 6) is 1.07. The number of para-hydroxylation sites is 1. The van der Waals surface area contributed by atoms with Gasteiger partial charge in [-0.25, -0.2) is 4.98 Å². The van der Waals surface area contributed by atoms with Crippen molar-refractivity contribution in [1.82, 2.24) is 9.88 Å². The maximum Gasteiger partial charge on any atom is 0.223 e. The molecule has 0 aliphatic carbocycles. The molecule has 2 heterocycles. The summed E-state index contributed by atoms with van der Waals surface area (Å²) in [4.78, 5) is 19.0. The third kappa shape index (κ3) is 3.14. The van der Waals surface area contributed by atoms with Gasteiger partial charge in [0.25, 0.3) is 0 Å². The Kier molecular flexibility index (Phi) is 4.73. The number of benzene rings is 1. The number of hydrogen-bond donors (Lipinski definition) is 0. The number of carbonyl (C=O) groups is 1. The molecule has 4 nitrogen and oxygen atoms in total. The summed E-state index contributed by atoms with van der Waals surface area (Å²) in [6.45, 7) is 0.842. The largest absolute Gasteiger partial charge is 0.496 e. The Morgan fingerprint density at radius 3 is 3.09 bits per heavy atom. The van der Waals surface area contributed by atoms with Crippen molar-refractivity contribution >= 4 is 17.2 Å². The number of likely N-dealkylation sites (tertiary alicyclic amines) is 1. The van der Waals surface area contributed by atoms with Crippen LogP contribution in [0.15, 0.2) is 35.8 Å². The van der Waals surface area contributed by atoms with Gasteiger partial charge in [0.1, 0.15) is 10.8 Å². The molecule has 1 aromatic carbocycles. The topological polar surface area (TPSA) is 42.4 Å². The molecule has 0 radical (unpaired) electrons. The van der Waals surface area contributed by atoms with E-state index < -0.39 is 0 Å². The van der Waals surface area contributed by atoms with Gasteiger partial charge >= 0.3 is 0 Å². The molecule has 2 aromatic rings. The minimum Gasteiger partial charge on any atom is -0.496 e. The van der Waals surface area contributed by atoms with Crippen LogP contribution in [0.5, 0.6) is 5.75 Å². The van der Waals surface area contributed by atoms with E-state index in [1.165, 1.54) is 0 Å². The quantitative estimate of drug-likeness (QED) is 0.848. The van der Waals surface area contributed by atoms with Crippen LogP contribution >= 0.6 is 11.3 Å². The second-order valence-electron chi connectivity index (χ2n) is 5.43. The first kappa shape index (κ1) is 15.0. The molecule has 1 amide bonds. The van der Waals surface area contributed by atoms with Crippen molar-refractivity contribution in [2.45, 2.75) is 31.7 Å². The first-order valence-electron chi connectivity index (χ1n) is 7.60. The first-order valence-corrected chi connectivity index (χ1v) is 8.48. The highest BCUT2D eigenvalue weighted by molar-refractivity contribution is 7.09. The Labute approximate surface area is 134 Å². The monoisotopic (exact) mass is 316 g/mol.